The number of ether oxygens (including phenoxy) is 2. The van der Waals surface area contributed by atoms with Crippen molar-refractivity contribution in [2.24, 2.45) is 0 Å². The molecular weight excluding hydrogens is 776 g/mol. The number of sulfonamides is 1. The van der Waals surface area contributed by atoms with E-state index in [0.717, 1.165) is 16.7 Å². The van der Waals surface area contributed by atoms with Crippen molar-refractivity contribution in [3.8, 4) is 17.6 Å². The Balaban J connectivity index is 1.08. The number of Topliss-reactive ketones (excluding diaryl/α,β-unsaturated/α-hetero) is 2. The van der Waals surface area contributed by atoms with Gasteiger partial charge in [-0.1, -0.05) is 37.6 Å². The number of benzene rings is 3. The van der Waals surface area contributed by atoms with Crippen LogP contribution in [0.1, 0.15) is 89.1 Å². The fraction of sp³-hybridized carbons (Fsp3) is 0.300. The SMILES string of the molecule is CC(C)(c1ccc(OCc2ccnc(NS(C)(=O)=O)n2)cc1)c1cc(Cl)c(OCC(=O)Nc2ccc3c(c2)C(=O)N(C2CCC(=O)CCCC2=O)C3=O)c(C#N)c1. The molecule has 1 aromatic heterocycles. The van der Waals surface area contributed by atoms with Crippen LogP contribution in [-0.4, -0.2) is 71.5 Å². The van der Waals surface area contributed by atoms with Gasteiger partial charge in [0.1, 0.15) is 24.2 Å². The topological polar surface area (TPSA) is 215 Å². The zero-order valence-electron chi connectivity index (χ0n) is 31.1. The Bertz CT molecular complexity index is 2450. The molecule has 1 aliphatic heterocycles. The first-order valence-corrected chi connectivity index (χ1v) is 20.1. The Morgan fingerprint density at radius 2 is 1.70 bits per heavy atom. The second-order valence-electron chi connectivity index (χ2n) is 14.1. The molecule has 1 atom stereocenters. The Hall–Kier alpha value is -6.18. The van der Waals surface area contributed by atoms with Gasteiger partial charge in [0, 0.05) is 36.6 Å². The summed E-state index contributed by atoms with van der Waals surface area (Å²) in [5, 5.41) is 12.8. The molecule has 3 amide bonds. The van der Waals surface area contributed by atoms with Gasteiger partial charge in [-0.2, -0.15) is 5.26 Å². The zero-order valence-corrected chi connectivity index (χ0v) is 32.7. The normalized spacial score (nSPS) is 16.0. The molecular formula is C40H37ClN6O9S. The van der Waals surface area contributed by atoms with E-state index >= 15 is 0 Å². The van der Waals surface area contributed by atoms with Crippen LogP contribution in [0.3, 0.4) is 0 Å². The van der Waals surface area contributed by atoms with Gasteiger partial charge < -0.3 is 14.8 Å². The molecule has 15 nitrogen and oxygen atoms in total. The molecule has 1 aliphatic carbocycles. The van der Waals surface area contributed by atoms with Crippen LogP contribution in [0.25, 0.3) is 0 Å². The largest absolute Gasteiger partial charge is 0.487 e. The Morgan fingerprint density at radius 3 is 2.42 bits per heavy atom. The molecule has 4 aromatic rings. The van der Waals surface area contributed by atoms with Gasteiger partial charge in [-0.25, -0.2) is 18.4 Å². The number of aromatic nitrogens is 2. The molecule has 0 bridgehead atoms. The summed E-state index contributed by atoms with van der Waals surface area (Å²) in [7, 11) is -3.54. The van der Waals surface area contributed by atoms with Crippen molar-refractivity contribution < 1.29 is 41.9 Å². The zero-order chi connectivity index (χ0) is 41.1. The maximum atomic E-state index is 13.4. The number of carbonyl (C=O) groups excluding carboxylic acids is 5. The maximum Gasteiger partial charge on any atom is 0.262 e. The van der Waals surface area contributed by atoms with Gasteiger partial charge in [0.2, 0.25) is 16.0 Å². The molecule has 294 valence electrons. The number of imide groups is 1. The molecule has 0 radical (unpaired) electrons. The summed E-state index contributed by atoms with van der Waals surface area (Å²) >= 11 is 6.64. The minimum atomic E-state index is -3.54. The summed E-state index contributed by atoms with van der Waals surface area (Å²) < 4.78 is 36.8. The highest BCUT2D eigenvalue weighted by Crippen LogP contribution is 2.39. The average Bonchev–Trinajstić information content (AvgIpc) is 3.40. The van der Waals surface area contributed by atoms with E-state index in [-0.39, 0.29) is 76.5 Å². The smallest absolute Gasteiger partial charge is 0.262 e. The first kappa shape index (κ1) is 40.5. The predicted molar refractivity (Wildman–Crippen MR) is 208 cm³/mol. The number of hydrogen-bond acceptors (Lipinski definition) is 12. The van der Waals surface area contributed by atoms with Gasteiger partial charge in [-0.05, 0) is 72.5 Å². The van der Waals surface area contributed by atoms with E-state index in [2.05, 4.69) is 26.1 Å². The van der Waals surface area contributed by atoms with Crippen molar-refractivity contribution in [1.29, 1.82) is 5.26 Å². The molecule has 1 saturated carbocycles. The van der Waals surface area contributed by atoms with Gasteiger partial charge in [0.25, 0.3) is 17.7 Å². The quantitative estimate of drug-likeness (QED) is 0.173. The third-order valence-electron chi connectivity index (χ3n) is 9.65. The number of nitrogens with one attached hydrogen (secondary N) is 2. The summed E-state index contributed by atoms with van der Waals surface area (Å²) in [5.41, 5.74) is 1.79. The highest BCUT2D eigenvalue weighted by molar-refractivity contribution is 7.92. The number of fused-ring (bicyclic) bond motifs is 1. The molecule has 57 heavy (non-hydrogen) atoms. The third-order valence-corrected chi connectivity index (χ3v) is 10.5. The van der Waals surface area contributed by atoms with E-state index in [1.807, 2.05) is 26.0 Å². The van der Waals surface area contributed by atoms with Gasteiger partial charge in [-0.3, -0.25) is 33.6 Å². The second-order valence-corrected chi connectivity index (χ2v) is 16.3. The average molecular weight is 813 g/mol. The van der Waals surface area contributed by atoms with E-state index in [0.29, 0.717) is 29.8 Å². The molecule has 2 aliphatic rings. The number of ketones is 2. The van der Waals surface area contributed by atoms with Crippen molar-refractivity contribution >= 4 is 62.5 Å². The van der Waals surface area contributed by atoms with Gasteiger partial charge >= 0.3 is 0 Å². The van der Waals surface area contributed by atoms with Crippen LogP contribution < -0.4 is 19.5 Å². The minimum absolute atomic E-state index is 0.00458. The number of rotatable bonds is 12. The van der Waals surface area contributed by atoms with Crippen molar-refractivity contribution in [2.45, 2.75) is 64.0 Å². The van der Waals surface area contributed by atoms with E-state index in [4.69, 9.17) is 21.1 Å². The number of anilines is 2. The van der Waals surface area contributed by atoms with Crippen LogP contribution in [0.4, 0.5) is 11.6 Å². The number of nitrogens with zero attached hydrogens (tertiary/aromatic N) is 4. The van der Waals surface area contributed by atoms with Crippen LogP contribution >= 0.6 is 11.6 Å². The lowest BCUT2D eigenvalue weighted by Gasteiger charge is -2.27. The molecule has 17 heteroatoms. The van der Waals surface area contributed by atoms with Crippen LogP contribution in [0.5, 0.6) is 11.5 Å². The van der Waals surface area contributed by atoms with Crippen molar-refractivity contribution in [3.05, 3.63) is 105 Å². The first-order chi connectivity index (χ1) is 27.0. The summed E-state index contributed by atoms with van der Waals surface area (Å²) in [5.74, 6) is -1.74. The molecule has 1 unspecified atom stereocenters. The number of amides is 3. The monoisotopic (exact) mass is 812 g/mol. The lowest BCUT2D eigenvalue weighted by Crippen LogP contribution is -2.45. The highest BCUT2D eigenvalue weighted by Gasteiger charge is 2.43. The molecule has 6 rings (SSSR count). The van der Waals surface area contributed by atoms with Gasteiger partial charge in [0.05, 0.1) is 39.7 Å². The maximum absolute atomic E-state index is 13.4. The van der Waals surface area contributed by atoms with E-state index in [1.165, 1.54) is 24.4 Å². The molecule has 1 fully saturated rings. The number of nitriles is 1. The van der Waals surface area contributed by atoms with Crippen LogP contribution in [0, 0.1) is 11.3 Å². The Kier molecular flexibility index (Phi) is 11.7. The number of halogens is 1. The molecule has 0 spiro atoms. The molecule has 2 N–H and O–H groups in total. The highest BCUT2D eigenvalue weighted by atomic mass is 35.5. The summed E-state index contributed by atoms with van der Waals surface area (Å²) in [6.07, 6.45) is 3.36. The van der Waals surface area contributed by atoms with E-state index in [1.54, 1.807) is 30.3 Å². The Labute approximate surface area is 333 Å². The number of hydrogen-bond donors (Lipinski definition) is 2. The third kappa shape index (κ3) is 9.28. The molecule has 0 saturated heterocycles. The van der Waals surface area contributed by atoms with Crippen molar-refractivity contribution in [1.82, 2.24) is 14.9 Å². The van der Waals surface area contributed by atoms with E-state index < -0.39 is 45.8 Å². The Morgan fingerprint density at radius 1 is 0.965 bits per heavy atom. The standard InChI is InChI=1S/C40H37ClN6O9S/c1-40(2,24-7-11-29(12-8-24)55-21-27-15-16-43-39(45-27)46-57(3,53)54)25-17-23(20-42)36(32(41)18-25)56-22-35(50)44-26-9-13-30-31(19-26)38(52)47(37(30)51)33-14-10-28(48)5-4-6-34(33)49/h7-9,11-13,15-19,33H,4-6,10,14,21-22H2,1-3H3,(H,44,50)(H,43,45,46). The summed E-state index contributed by atoms with van der Waals surface area (Å²) in [6.45, 7) is 3.42. The fourth-order valence-electron chi connectivity index (χ4n) is 6.61. The van der Waals surface area contributed by atoms with Crippen LogP contribution in [0.2, 0.25) is 5.02 Å². The lowest BCUT2D eigenvalue weighted by molar-refractivity contribution is -0.126. The molecule has 3 aromatic carbocycles. The fourth-order valence-corrected chi connectivity index (χ4v) is 7.31. The van der Waals surface area contributed by atoms with Crippen LogP contribution in [0.15, 0.2) is 66.9 Å². The summed E-state index contributed by atoms with van der Waals surface area (Å²) in [6, 6.07) is 17.4. The second kappa shape index (κ2) is 16.5. The van der Waals surface area contributed by atoms with Crippen LogP contribution in [-0.2, 0) is 36.4 Å². The number of carbonyl (C=O) groups is 5. The summed E-state index contributed by atoms with van der Waals surface area (Å²) in [4.78, 5) is 73.4. The molecule has 2 heterocycles. The lowest BCUT2D eigenvalue weighted by atomic mass is 9.77. The minimum Gasteiger partial charge on any atom is -0.487 e. The van der Waals surface area contributed by atoms with E-state index in [9.17, 15) is 37.7 Å². The predicted octanol–water partition coefficient (Wildman–Crippen LogP) is 5.36. The van der Waals surface area contributed by atoms with Gasteiger partial charge in [-0.15, -0.1) is 0 Å². The first-order valence-electron chi connectivity index (χ1n) is 17.8. The van der Waals surface area contributed by atoms with Crippen molar-refractivity contribution in [2.75, 3.05) is 22.9 Å². The van der Waals surface area contributed by atoms with Gasteiger partial charge in [0.15, 0.2) is 18.1 Å². The van der Waals surface area contributed by atoms with Crippen molar-refractivity contribution in [3.63, 3.8) is 0 Å².